The van der Waals surface area contributed by atoms with E-state index in [1.165, 1.54) is 19.2 Å². The maximum absolute atomic E-state index is 12.0. The molecule has 0 unspecified atom stereocenters. The van der Waals surface area contributed by atoms with Crippen LogP contribution in [0.15, 0.2) is 51.8 Å². The second-order valence-electron chi connectivity index (χ2n) is 5.36. The molecule has 128 valence electrons. The standard InChI is InChI=1S/C17H19BrN2O3S/c1-12-11-14(6-9-16(12)18)20-17(21)10-5-13-3-7-15(8-4-13)24(22,23)19-2/h3-4,6-9,11,19H,5,10H2,1-2H3,(H,20,21). The molecule has 2 aromatic carbocycles. The topological polar surface area (TPSA) is 75.3 Å². The number of hydrogen-bond donors (Lipinski definition) is 2. The third-order valence-corrected chi connectivity index (χ3v) is 5.90. The van der Waals surface area contributed by atoms with Gasteiger partial charge in [-0.05, 0) is 61.9 Å². The fourth-order valence-corrected chi connectivity index (χ4v) is 3.13. The Labute approximate surface area is 150 Å². The van der Waals surface area contributed by atoms with Crippen LogP contribution in [0.1, 0.15) is 17.5 Å². The van der Waals surface area contributed by atoms with Crippen LogP contribution in [0.2, 0.25) is 0 Å². The Morgan fingerprint density at radius 3 is 2.38 bits per heavy atom. The molecule has 0 aliphatic heterocycles. The van der Waals surface area contributed by atoms with E-state index in [9.17, 15) is 13.2 Å². The van der Waals surface area contributed by atoms with Crippen LogP contribution in [-0.2, 0) is 21.2 Å². The van der Waals surface area contributed by atoms with E-state index in [1.807, 2.05) is 25.1 Å². The number of benzene rings is 2. The van der Waals surface area contributed by atoms with E-state index >= 15 is 0 Å². The summed E-state index contributed by atoms with van der Waals surface area (Å²) in [4.78, 5) is 12.2. The second kappa shape index (κ2) is 7.92. The molecule has 0 spiro atoms. The van der Waals surface area contributed by atoms with E-state index < -0.39 is 10.0 Å². The van der Waals surface area contributed by atoms with Crippen LogP contribution in [-0.4, -0.2) is 21.4 Å². The summed E-state index contributed by atoms with van der Waals surface area (Å²) in [6, 6.07) is 12.2. The maximum Gasteiger partial charge on any atom is 0.240 e. The van der Waals surface area contributed by atoms with E-state index in [-0.39, 0.29) is 10.8 Å². The summed E-state index contributed by atoms with van der Waals surface area (Å²) in [5.74, 6) is -0.0800. The first-order valence-electron chi connectivity index (χ1n) is 7.40. The van der Waals surface area contributed by atoms with Crippen molar-refractivity contribution < 1.29 is 13.2 Å². The van der Waals surface area contributed by atoms with Crippen molar-refractivity contribution in [2.45, 2.75) is 24.7 Å². The first-order chi connectivity index (χ1) is 11.3. The summed E-state index contributed by atoms with van der Waals surface area (Å²) in [5.41, 5.74) is 2.72. The van der Waals surface area contributed by atoms with Gasteiger partial charge in [-0.3, -0.25) is 4.79 Å². The number of rotatable bonds is 6. The molecular formula is C17H19BrN2O3S. The second-order valence-corrected chi connectivity index (χ2v) is 8.10. The molecule has 0 atom stereocenters. The Hall–Kier alpha value is -1.70. The van der Waals surface area contributed by atoms with Crippen molar-refractivity contribution in [1.29, 1.82) is 0 Å². The Balaban J connectivity index is 1.93. The molecule has 1 amide bonds. The van der Waals surface area contributed by atoms with Crippen molar-refractivity contribution in [3.8, 4) is 0 Å². The van der Waals surface area contributed by atoms with Crippen molar-refractivity contribution in [3.63, 3.8) is 0 Å². The van der Waals surface area contributed by atoms with Crippen LogP contribution < -0.4 is 10.0 Å². The highest BCUT2D eigenvalue weighted by Crippen LogP contribution is 2.20. The number of nitrogens with one attached hydrogen (secondary N) is 2. The highest BCUT2D eigenvalue weighted by atomic mass is 79.9. The minimum Gasteiger partial charge on any atom is -0.326 e. The predicted molar refractivity (Wildman–Crippen MR) is 98.5 cm³/mol. The molecular weight excluding hydrogens is 392 g/mol. The number of carbonyl (C=O) groups is 1. The molecule has 0 saturated heterocycles. The van der Waals surface area contributed by atoms with Crippen molar-refractivity contribution in [2.24, 2.45) is 0 Å². The van der Waals surface area contributed by atoms with Crippen LogP contribution >= 0.6 is 15.9 Å². The highest BCUT2D eigenvalue weighted by molar-refractivity contribution is 9.10. The molecule has 5 nitrogen and oxygen atoms in total. The molecule has 0 bridgehead atoms. The molecule has 0 radical (unpaired) electrons. The van der Waals surface area contributed by atoms with Gasteiger partial charge < -0.3 is 5.32 Å². The third-order valence-electron chi connectivity index (χ3n) is 3.58. The van der Waals surface area contributed by atoms with E-state index in [1.54, 1.807) is 12.1 Å². The van der Waals surface area contributed by atoms with Crippen LogP contribution in [0, 0.1) is 6.92 Å². The van der Waals surface area contributed by atoms with E-state index in [0.717, 1.165) is 21.3 Å². The Bertz CT molecular complexity index is 833. The molecule has 0 aromatic heterocycles. The van der Waals surface area contributed by atoms with Crippen molar-refractivity contribution in [2.75, 3.05) is 12.4 Å². The fourth-order valence-electron chi connectivity index (χ4n) is 2.16. The lowest BCUT2D eigenvalue weighted by molar-refractivity contribution is -0.116. The van der Waals surface area contributed by atoms with E-state index in [4.69, 9.17) is 0 Å². The highest BCUT2D eigenvalue weighted by Gasteiger charge is 2.11. The number of halogens is 1. The summed E-state index contributed by atoms with van der Waals surface area (Å²) in [5, 5.41) is 2.86. The quantitative estimate of drug-likeness (QED) is 0.767. The molecule has 0 saturated carbocycles. The van der Waals surface area contributed by atoms with Gasteiger partial charge >= 0.3 is 0 Å². The number of anilines is 1. The average Bonchev–Trinajstić information content (AvgIpc) is 2.57. The van der Waals surface area contributed by atoms with Gasteiger partial charge in [0.15, 0.2) is 0 Å². The van der Waals surface area contributed by atoms with Gasteiger partial charge in [-0.15, -0.1) is 0 Å². The number of carbonyl (C=O) groups excluding carboxylic acids is 1. The molecule has 24 heavy (non-hydrogen) atoms. The average molecular weight is 411 g/mol. The van der Waals surface area contributed by atoms with Gasteiger partial charge in [-0.1, -0.05) is 28.1 Å². The smallest absolute Gasteiger partial charge is 0.240 e. The lowest BCUT2D eigenvalue weighted by Gasteiger charge is -2.08. The number of amides is 1. The van der Waals surface area contributed by atoms with Crippen molar-refractivity contribution >= 4 is 37.5 Å². The zero-order valence-corrected chi connectivity index (χ0v) is 15.9. The van der Waals surface area contributed by atoms with Gasteiger partial charge in [0.2, 0.25) is 15.9 Å². The zero-order chi connectivity index (χ0) is 17.7. The minimum absolute atomic E-state index is 0.0800. The van der Waals surface area contributed by atoms with Crippen LogP contribution in [0.3, 0.4) is 0 Å². The first kappa shape index (κ1) is 18.6. The Kier molecular flexibility index (Phi) is 6.15. The largest absolute Gasteiger partial charge is 0.326 e. The molecule has 2 rings (SSSR count). The molecule has 7 heteroatoms. The SMILES string of the molecule is CNS(=O)(=O)c1ccc(CCC(=O)Nc2ccc(Br)c(C)c2)cc1. The van der Waals surface area contributed by atoms with Crippen molar-refractivity contribution in [1.82, 2.24) is 4.72 Å². The Morgan fingerprint density at radius 1 is 1.12 bits per heavy atom. The van der Waals surface area contributed by atoms with Crippen molar-refractivity contribution in [3.05, 3.63) is 58.1 Å². The van der Waals surface area contributed by atoms with Crippen LogP contribution in [0.5, 0.6) is 0 Å². The third kappa shape index (κ3) is 4.90. The van der Waals surface area contributed by atoms with E-state index in [2.05, 4.69) is 26.0 Å². The van der Waals surface area contributed by atoms with Gasteiger partial charge in [0.1, 0.15) is 0 Å². The van der Waals surface area contributed by atoms with Gasteiger partial charge in [0, 0.05) is 16.6 Å². The summed E-state index contributed by atoms with van der Waals surface area (Å²) < 4.78 is 26.6. The minimum atomic E-state index is -3.43. The lowest BCUT2D eigenvalue weighted by Crippen LogP contribution is -2.18. The first-order valence-corrected chi connectivity index (χ1v) is 9.68. The molecule has 0 heterocycles. The Morgan fingerprint density at radius 2 is 1.79 bits per heavy atom. The van der Waals surface area contributed by atoms with Gasteiger partial charge in [0.25, 0.3) is 0 Å². The maximum atomic E-state index is 12.0. The van der Waals surface area contributed by atoms with Gasteiger partial charge in [0.05, 0.1) is 4.90 Å². The predicted octanol–water partition coefficient (Wildman–Crippen LogP) is 3.24. The van der Waals surface area contributed by atoms with Gasteiger partial charge in [-0.2, -0.15) is 0 Å². The van der Waals surface area contributed by atoms with Crippen LogP contribution in [0.25, 0.3) is 0 Å². The summed E-state index contributed by atoms with van der Waals surface area (Å²) >= 11 is 3.42. The fraction of sp³-hybridized carbons (Fsp3) is 0.235. The normalized spacial score (nSPS) is 11.3. The monoisotopic (exact) mass is 410 g/mol. The summed E-state index contributed by atoms with van der Waals surface area (Å²) in [6.07, 6.45) is 0.870. The van der Waals surface area contributed by atoms with E-state index in [0.29, 0.717) is 12.8 Å². The zero-order valence-electron chi connectivity index (χ0n) is 13.5. The van der Waals surface area contributed by atoms with Crippen LogP contribution in [0.4, 0.5) is 5.69 Å². The molecule has 0 fully saturated rings. The summed E-state index contributed by atoms with van der Waals surface area (Å²) in [7, 11) is -2.06. The summed E-state index contributed by atoms with van der Waals surface area (Å²) in [6.45, 7) is 1.96. The molecule has 0 aliphatic rings. The number of sulfonamides is 1. The molecule has 2 aromatic rings. The number of aryl methyl sites for hydroxylation is 2. The molecule has 0 aliphatic carbocycles. The lowest BCUT2D eigenvalue weighted by atomic mass is 10.1. The number of hydrogen-bond acceptors (Lipinski definition) is 3. The van der Waals surface area contributed by atoms with Gasteiger partial charge in [-0.25, -0.2) is 13.1 Å². The molecule has 2 N–H and O–H groups in total.